The van der Waals surface area contributed by atoms with Crippen molar-refractivity contribution in [1.29, 1.82) is 0 Å². The molecular weight excluding hydrogens is 300 g/mol. The first-order chi connectivity index (χ1) is 11.8. The molecule has 4 nitrogen and oxygen atoms in total. The molecule has 24 heavy (non-hydrogen) atoms. The van der Waals surface area contributed by atoms with Crippen molar-refractivity contribution in [2.45, 2.75) is 12.8 Å². The van der Waals surface area contributed by atoms with Crippen molar-refractivity contribution in [3.63, 3.8) is 0 Å². The second-order valence-electron chi connectivity index (χ2n) is 6.91. The van der Waals surface area contributed by atoms with Crippen molar-refractivity contribution in [3.05, 3.63) is 42.0 Å². The number of nitrogens with zero attached hydrogens (tertiary/aromatic N) is 1. The lowest BCUT2D eigenvalue weighted by molar-refractivity contribution is 0.0760. The number of rotatable bonds is 2. The van der Waals surface area contributed by atoms with Gasteiger partial charge in [0.15, 0.2) is 0 Å². The number of benzene rings is 2. The number of methoxy groups -OCH3 is 1. The van der Waals surface area contributed by atoms with Gasteiger partial charge in [-0.25, -0.2) is 0 Å². The predicted octanol–water partition coefficient (Wildman–Crippen LogP) is 2.92. The topological polar surface area (TPSA) is 41.6 Å². The van der Waals surface area contributed by atoms with Gasteiger partial charge in [-0.05, 0) is 55.3 Å². The van der Waals surface area contributed by atoms with Gasteiger partial charge in [0.2, 0.25) is 0 Å². The zero-order valence-corrected chi connectivity index (χ0v) is 14.1. The number of likely N-dealkylation sites (tertiary alicyclic amines) is 1. The van der Waals surface area contributed by atoms with Crippen molar-refractivity contribution in [2.24, 2.45) is 11.8 Å². The molecule has 1 amide bonds. The van der Waals surface area contributed by atoms with Crippen LogP contribution in [0.5, 0.6) is 5.75 Å². The van der Waals surface area contributed by atoms with Crippen LogP contribution in [0.3, 0.4) is 0 Å². The smallest absolute Gasteiger partial charge is 0.254 e. The van der Waals surface area contributed by atoms with Crippen molar-refractivity contribution in [3.8, 4) is 5.75 Å². The first-order valence-corrected chi connectivity index (χ1v) is 8.83. The maximum Gasteiger partial charge on any atom is 0.254 e. The van der Waals surface area contributed by atoms with E-state index in [4.69, 9.17) is 4.74 Å². The number of nitrogens with one attached hydrogen (secondary N) is 1. The fourth-order valence-electron chi connectivity index (χ4n) is 4.23. The van der Waals surface area contributed by atoms with Crippen LogP contribution in [0.4, 0.5) is 0 Å². The number of carbonyl (C=O) groups excluding carboxylic acids is 1. The molecule has 2 aromatic carbocycles. The van der Waals surface area contributed by atoms with E-state index in [0.29, 0.717) is 0 Å². The van der Waals surface area contributed by atoms with Crippen LogP contribution in [0.2, 0.25) is 0 Å². The molecule has 0 unspecified atom stereocenters. The lowest BCUT2D eigenvalue weighted by Crippen LogP contribution is -2.32. The van der Waals surface area contributed by atoms with Gasteiger partial charge >= 0.3 is 0 Å². The molecule has 2 saturated heterocycles. The molecule has 1 N–H and O–H groups in total. The van der Waals surface area contributed by atoms with Gasteiger partial charge in [-0.3, -0.25) is 4.79 Å². The summed E-state index contributed by atoms with van der Waals surface area (Å²) in [7, 11) is 1.67. The van der Waals surface area contributed by atoms with Crippen LogP contribution in [0.1, 0.15) is 23.2 Å². The van der Waals surface area contributed by atoms with Crippen LogP contribution in [0.25, 0.3) is 10.8 Å². The normalized spacial score (nSPS) is 23.8. The number of hydrogen-bond donors (Lipinski definition) is 1. The van der Waals surface area contributed by atoms with Gasteiger partial charge in [-0.1, -0.05) is 24.3 Å². The highest BCUT2D eigenvalue weighted by Crippen LogP contribution is 2.31. The Bertz CT molecular complexity index is 744. The van der Waals surface area contributed by atoms with Crippen LogP contribution in [-0.4, -0.2) is 44.1 Å². The molecule has 126 valence electrons. The van der Waals surface area contributed by atoms with Crippen LogP contribution in [0, 0.1) is 11.8 Å². The van der Waals surface area contributed by atoms with Gasteiger partial charge in [-0.2, -0.15) is 0 Å². The van der Waals surface area contributed by atoms with Gasteiger partial charge in [-0.15, -0.1) is 0 Å². The Morgan fingerprint density at radius 3 is 2.38 bits per heavy atom. The third-order valence-electron chi connectivity index (χ3n) is 5.64. The molecule has 2 aliphatic heterocycles. The van der Waals surface area contributed by atoms with E-state index in [2.05, 4.69) is 5.32 Å². The number of ether oxygens (including phenoxy) is 1. The SMILES string of the molecule is COc1ccc(C(=O)N2CC[C@@H]3CNC[C@@H]3CC2)c2ccccc12. The largest absolute Gasteiger partial charge is 0.496 e. The molecule has 0 aliphatic carbocycles. The maximum absolute atomic E-state index is 13.2. The molecule has 2 atom stereocenters. The van der Waals surface area contributed by atoms with Gasteiger partial charge in [0.1, 0.15) is 5.75 Å². The molecule has 0 spiro atoms. The molecule has 2 aromatic rings. The third-order valence-corrected chi connectivity index (χ3v) is 5.64. The van der Waals surface area contributed by atoms with Crippen LogP contribution >= 0.6 is 0 Å². The van der Waals surface area contributed by atoms with Crippen molar-refractivity contribution in [2.75, 3.05) is 33.3 Å². The van der Waals surface area contributed by atoms with E-state index in [1.807, 2.05) is 41.3 Å². The molecule has 4 rings (SSSR count). The van der Waals surface area contributed by atoms with Crippen LogP contribution < -0.4 is 10.1 Å². The second kappa shape index (κ2) is 6.44. The Labute approximate surface area is 142 Å². The summed E-state index contributed by atoms with van der Waals surface area (Å²) < 4.78 is 5.45. The lowest BCUT2D eigenvalue weighted by Gasteiger charge is -2.22. The molecule has 0 aromatic heterocycles. The molecule has 2 aliphatic rings. The minimum absolute atomic E-state index is 0.154. The van der Waals surface area contributed by atoms with Crippen LogP contribution in [-0.2, 0) is 0 Å². The van der Waals surface area contributed by atoms with Crippen LogP contribution in [0.15, 0.2) is 36.4 Å². The minimum atomic E-state index is 0.154. The summed E-state index contributed by atoms with van der Waals surface area (Å²) in [6, 6.07) is 11.8. The lowest BCUT2D eigenvalue weighted by atomic mass is 9.92. The molecule has 0 bridgehead atoms. The quantitative estimate of drug-likeness (QED) is 0.923. The molecule has 0 saturated carbocycles. The highest BCUT2D eigenvalue weighted by Gasteiger charge is 2.32. The van der Waals surface area contributed by atoms with Crippen molar-refractivity contribution >= 4 is 16.7 Å². The second-order valence-corrected chi connectivity index (χ2v) is 6.91. The number of fused-ring (bicyclic) bond motifs is 2. The molecule has 2 fully saturated rings. The van der Waals surface area contributed by atoms with Gasteiger partial charge in [0.05, 0.1) is 7.11 Å². The summed E-state index contributed by atoms with van der Waals surface area (Å²) in [6.07, 6.45) is 2.22. The summed E-state index contributed by atoms with van der Waals surface area (Å²) in [5, 5.41) is 5.47. The monoisotopic (exact) mass is 324 g/mol. The van der Waals surface area contributed by atoms with Crippen molar-refractivity contribution < 1.29 is 9.53 Å². The summed E-state index contributed by atoms with van der Waals surface area (Å²) in [5.41, 5.74) is 0.789. The standard InChI is InChI=1S/C20H24N2O2/c1-24-19-7-6-18(16-4-2-3-5-17(16)19)20(23)22-10-8-14-12-21-13-15(14)9-11-22/h2-7,14-15,21H,8-13H2,1H3/t14-,15+. The Balaban J connectivity index is 1.64. The molecule has 2 heterocycles. The van der Waals surface area contributed by atoms with E-state index in [1.165, 1.54) is 0 Å². The molecular formula is C20H24N2O2. The Morgan fingerprint density at radius 2 is 1.71 bits per heavy atom. The minimum Gasteiger partial charge on any atom is -0.496 e. The first-order valence-electron chi connectivity index (χ1n) is 8.83. The summed E-state index contributed by atoms with van der Waals surface area (Å²) in [4.78, 5) is 15.2. The van der Waals surface area contributed by atoms with Gasteiger partial charge in [0, 0.05) is 24.0 Å². The Morgan fingerprint density at radius 1 is 1.04 bits per heavy atom. The average molecular weight is 324 g/mol. The fraction of sp³-hybridized carbons (Fsp3) is 0.450. The average Bonchev–Trinajstić information content (AvgIpc) is 2.98. The van der Waals surface area contributed by atoms with E-state index >= 15 is 0 Å². The Kier molecular flexibility index (Phi) is 4.15. The van der Waals surface area contributed by atoms with E-state index in [-0.39, 0.29) is 5.91 Å². The highest BCUT2D eigenvalue weighted by molar-refractivity contribution is 6.08. The van der Waals surface area contributed by atoms with E-state index in [1.54, 1.807) is 7.11 Å². The number of hydrogen-bond acceptors (Lipinski definition) is 3. The zero-order valence-electron chi connectivity index (χ0n) is 14.1. The zero-order chi connectivity index (χ0) is 16.5. The summed E-state index contributed by atoms with van der Waals surface area (Å²) in [5.74, 6) is 2.44. The van der Waals surface area contributed by atoms with Crippen molar-refractivity contribution in [1.82, 2.24) is 10.2 Å². The van der Waals surface area contributed by atoms with E-state index < -0.39 is 0 Å². The Hall–Kier alpha value is -2.07. The van der Waals surface area contributed by atoms with Gasteiger partial charge < -0.3 is 15.0 Å². The number of carbonyl (C=O) groups is 1. The van der Waals surface area contributed by atoms with E-state index in [0.717, 1.165) is 72.9 Å². The first kappa shape index (κ1) is 15.5. The predicted molar refractivity (Wildman–Crippen MR) is 95.5 cm³/mol. The maximum atomic E-state index is 13.2. The number of amides is 1. The van der Waals surface area contributed by atoms with E-state index in [9.17, 15) is 4.79 Å². The summed E-state index contributed by atoms with van der Waals surface area (Å²) in [6.45, 7) is 3.94. The fourth-order valence-corrected chi connectivity index (χ4v) is 4.23. The summed E-state index contributed by atoms with van der Waals surface area (Å²) >= 11 is 0. The molecule has 0 radical (unpaired) electrons. The molecule has 4 heteroatoms. The highest BCUT2D eigenvalue weighted by atomic mass is 16.5. The van der Waals surface area contributed by atoms with Gasteiger partial charge in [0.25, 0.3) is 5.91 Å². The third kappa shape index (κ3) is 2.65.